The van der Waals surface area contributed by atoms with Crippen LogP contribution in [0.15, 0.2) is 48.7 Å². The fourth-order valence-corrected chi connectivity index (χ4v) is 6.38. The molecule has 3 aromatic rings. The van der Waals surface area contributed by atoms with Gasteiger partial charge in [0.05, 0.1) is 19.2 Å². The molecule has 1 aliphatic heterocycles. The van der Waals surface area contributed by atoms with Crippen molar-refractivity contribution in [2.24, 2.45) is 11.8 Å². The van der Waals surface area contributed by atoms with Crippen molar-refractivity contribution in [3.05, 3.63) is 76.7 Å². The van der Waals surface area contributed by atoms with E-state index in [2.05, 4.69) is 61.8 Å². The molecule has 1 aromatic heterocycles. The van der Waals surface area contributed by atoms with Crippen molar-refractivity contribution in [1.82, 2.24) is 9.88 Å². The lowest BCUT2D eigenvalue weighted by atomic mass is 9.82. The minimum Gasteiger partial charge on any atom is -0.485 e. The van der Waals surface area contributed by atoms with E-state index in [1.165, 1.54) is 13.3 Å². The third kappa shape index (κ3) is 6.31. The van der Waals surface area contributed by atoms with Gasteiger partial charge in [-0.15, -0.1) is 0 Å². The number of nitrogens with zero attached hydrogens (tertiary/aromatic N) is 2. The molecule has 2 heterocycles. The van der Waals surface area contributed by atoms with Crippen LogP contribution in [0.25, 0.3) is 11.1 Å². The lowest BCUT2D eigenvalue weighted by molar-refractivity contribution is -0.142. The van der Waals surface area contributed by atoms with Crippen LogP contribution < -0.4 is 9.47 Å². The normalized spacial score (nSPS) is 18.2. The number of fused-ring (bicyclic) bond motifs is 1. The van der Waals surface area contributed by atoms with Crippen molar-refractivity contribution in [3.8, 4) is 22.8 Å². The van der Waals surface area contributed by atoms with Gasteiger partial charge in [0.25, 0.3) is 0 Å². The zero-order valence-electron chi connectivity index (χ0n) is 25.6. The summed E-state index contributed by atoms with van der Waals surface area (Å²) in [5.41, 5.74) is 5.48. The van der Waals surface area contributed by atoms with E-state index in [-0.39, 0.29) is 23.4 Å². The number of carbonyl (C=O) groups is 1. The van der Waals surface area contributed by atoms with E-state index in [0.29, 0.717) is 23.9 Å². The average Bonchev–Trinajstić information content (AvgIpc) is 3.80. The molecule has 1 unspecified atom stereocenters. The molecule has 1 fully saturated rings. The Balaban J connectivity index is 1.50. The molecule has 42 heavy (non-hydrogen) atoms. The van der Waals surface area contributed by atoms with E-state index in [1.54, 1.807) is 6.07 Å². The van der Waals surface area contributed by atoms with E-state index in [9.17, 15) is 9.90 Å². The Morgan fingerprint density at radius 3 is 2.55 bits per heavy atom. The number of aliphatic carboxylic acids is 1. The largest absolute Gasteiger partial charge is 0.485 e. The predicted molar refractivity (Wildman–Crippen MR) is 162 cm³/mol. The molecule has 0 amide bonds. The van der Waals surface area contributed by atoms with Crippen LogP contribution >= 0.6 is 0 Å². The highest BCUT2D eigenvalue weighted by Gasteiger charge is 2.39. The van der Waals surface area contributed by atoms with Gasteiger partial charge in [-0.3, -0.25) is 9.69 Å². The predicted octanol–water partition coefficient (Wildman–Crippen LogP) is 7.80. The van der Waals surface area contributed by atoms with Crippen molar-refractivity contribution < 1.29 is 23.8 Å². The summed E-state index contributed by atoms with van der Waals surface area (Å²) in [6.07, 6.45) is 4.91. The van der Waals surface area contributed by atoms with Gasteiger partial charge in [0, 0.05) is 23.7 Å². The molecule has 1 saturated carbocycles. The van der Waals surface area contributed by atoms with E-state index < -0.39 is 11.9 Å². The molecule has 6 nitrogen and oxygen atoms in total. The number of hydrogen-bond acceptors (Lipinski definition) is 5. The second kappa shape index (κ2) is 12.0. The van der Waals surface area contributed by atoms with Crippen LogP contribution in [0.4, 0.5) is 4.39 Å². The topological polar surface area (TPSA) is 71.9 Å². The summed E-state index contributed by atoms with van der Waals surface area (Å²) in [5, 5.41) is 9.76. The van der Waals surface area contributed by atoms with Crippen LogP contribution in [0.2, 0.25) is 0 Å². The molecular weight excluding hydrogens is 531 g/mol. The maximum Gasteiger partial charge on any atom is 0.306 e. The molecule has 0 spiro atoms. The van der Waals surface area contributed by atoms with Gasteiger partial charge < -0.3 is 14.6 Å². The number of carboxylic acids is 1. The zero-order chi connectivity index (χ0) is 30.2. The summed E-state index contributed by atoms with van der Waals surface area (Å²) in [5.74, 6) is 0.0336. The van der Waals surface area contributed by atoms with Crippen molar-refractivity contribution in [2.75, 3.05) is 13.7 Å². The summed E-state index contributed by atoms with van der Waals surface area (Å²) >= 11 is 0. The Morgan fingerprint density at radius 2 is 1.90 bits per heavy atom. The van der Waals surface area contributed by atoms with Gasteiger partial charge in [0.1, 0.15) is 17.7 Å². The summed E-state index contributed by atoms with van der Waals surface area (Å²) in [6, 6.07) is 14.1. The number of aryl methyl sites for hydroxylation is 1. The summed E-state index contributed by atoms with van der Waals surface area (Å²) < 4.78 is 27.1. The molecule has 0 radical (unpaired) electrons. The summed E-state index contributed by atoms with van der Waals surface area (Å²) in [6.45, 7) is 12.0. The number of carboxylic acid groups (broad SMARTS) is 1. The van der Waals surface area contributed by atoms with E-state index in [0.717, 1.165) is 65.8 Å². The molecular formula is C35H43FN2O4. The second-order valence-corrected chi connectivity index (χ2v) is 12.8. The molecule has 1 aliphatic carbocycles. The van der Waals surface area contributed by atoms with Gasteiger partial charge in [0.2, 0.25) is 5.88 Å². The first-order valence-electron chi connectivity index (χ1n) is 15.1. The third-order valence-electron chi connectivity index (χ3n) is 9.00. The molecule has 224 valence electrons. The summed E-state index contributed by atoms with van der Waals surface area (Å²) in [7, 11) is 1.53. The van der Waals surface area contributed by atoms with E-state index >= 15 is 4.39 Å². The molecule has 1 N–H and O–H groups in total. The molecule has 7 heteroatoms. The number of benzene rings is 2. The highest BCUT2D eigenvalue weighted by atomic mass is 19.1. The van der Waals surface area contributed by atoms with Gasteiger partial charge >= 0.3 is 5.97 Å². The molecule has 2 aliphatic rings. The number of halogens is 1. The Kier molecular flexibility index (Phi) is 8.61. The monoisotopic (exact) mass is 574 g/mol. The minimum atomic E-state index is -0.754. The summed E-state index contributed by atoms with van der Waals surface area (Å²) in [4.78, 5) is 18.3. The number of rotatable bonds is 10. The lowest BCUT2D eigenvalue weighted by Gasteiger charge is -2.35. The van der Waals surface area contributed by atoms with E-state index in [1.807, 2.05) is 19.1 Å². The Morgan fingerprint density at radius 1 is 1.14 bits per heavy atom. The number of hydrogen-bond donors (Lipinski definition) is 1. The lowest BCUT2D eigenvalue weighted by Crippen LogP contribution is -2.40. The van der Waals surface area contributed by atoms with Crippen LogP contribution in [0.5, 0.6) is 11.6 Å². The average molecular weight is 575 g/mol. The van der Waals surface area contributed by atoms with Crippen molar-refractivity contribution in [1.29, 1.82) is 0 Å². The molecule has 5 rings (SSSR count). The Hall–Kier alpha value is -3.45. The van der Waals surface area contributed by atoms with Crippen molar-refractivity contribution in [2.45, 2.75) is 84.4 Å². The van der Waals surface area contributed by atoms with Gasteiger partial charge in [-0.25, -0.2) is 9.37 Å². The quantitative estimate of drug-likeness (QED) is 0.266. The van der Waals surface area contributed by atoms with Gasteiger partial charge in [0.15, 0.2) is 0 Å². The minimum absolute atomic E-state index is 0.00709. The number of pyridine rings is 1. The zero-order valence-corrected chi connectivity index (χ0v) is 25.6. The van der Waals surface area contributed by atoms with Crippen LogP contribution in [-0.4, -0.2) is 40.2 Å². The van der Waals surface area contributed by atoms with Crippen LogP contribution in [0.1, 0.15) is 88.2 Å². The number of aromatic nitrogens is 1. The first-order valence-corrected chi connectivity index (χ1v) is 15.1. The molecule has 2 aromatic carbocycles. The van der Waals surface area contributed by atoms with Crippen molar-refractivity contribution >= 4 is 5.97 Å². The first-order chi connectivity index (χ1) is 20.0. The smallest absolute Gasteiger partial charge is 0.306 e. The van der Waals surface area contributed by atoms with Crippen LogP contribution in [0, 0.1) is 17.7 Å². The molecule has 0 bridgehead atoms. The standard InChI is InChI=1S/C35H43FN2O4/c1-7-38(35(3,4)5)20-26-16-24(12-14-27(26)28-18-32(41-6)37-19-29(28)36)30-15-13-22-8-11-25(17-31(22)42-30)33(23-9-10-23)21(2)34(39)40/h8,11-12,14,16-19,21,23,30,33H,7,9-10,13,15,20H2,1-6H3,(H,39,40)/t21-,30?,33-/m0/s1. The van der Waals surface area contributed by atoms with Gasteiger partial charge in [-0.1, -0.05) is 44.2 Å². The maximum absolute atomic E-state index is 15.1. The highest BCUT2D eigenvalue weighted by Crippen LogP contribution is 2.48. The fourth-order valence-electron chi connectivity index (χ4n) is 6.38. The third-order valence-corrected chi connectivity index (χ3v) is 9.00. The Labute approximate surface area is 248 Å². The van der Waals surface area contributed by atoms with Crippen LogP contribution in [-0.2, 0) is 17.8 Å². The SMILES string of the molecule is CCN(Cc1cc(C2CCc3ccc([C@H](C4CC4)[C@H](C)C(=O)O)cc3O2)ccc1-c1cc(OC)ncc1F)C(C)(C)C. The number of methoxy groups -OCH3 is 1. The number of ether oxygens (including phenoxy) is 2. The molecule has 3 atom stereocenters. The van der Waals surface area contributed by atoms with Gasteiger partial charge in [-0.05, 0) is 98.7 Å². The fraction of sp³-hybridized carbons (Fsp3) is 0.486. The molecule has 0 saturated heterocycles. The second-order valence-electron chi connectivity index (χ2n) is 12.8. The highest BCUT2D eigenvalue weighted by molar-refractivity contribution is 5.71. The van der Waals surface area contributed by atoms with Crippen LogP contribution in [0.3, 0.4) is 0 Å². The van der Waals surface area contributed by atoms with E-state index in [4.69, 9.17) is 9.47 Å². The maximum atomic E-state index is 15.1. The van der Waals surface area contributed by atoms with Gasteiger partial charge in [-0.2, -0.15) is 0 Å². The van der Waals surface area contributed by atoms with Crippen molar-refractivity contribution in [3.63, 3.8) is 0 Å². The Bertz CT molecular complexity index is 1450. The first kappa shape index (κ1) is 30.0.